The molecule has 2 aliphatic carbocycles. The largest absolute Gasteiger partial charge is 0.431 e. The molecule has 4 rings (SSSR count). The highest BCUT2D eigenvalue weighted by atomic mass is 16.5. The van der Waals surface area contributed by atoms with E-state index in [0.717, 1.165) is 49.6 Å². The summed E-state index contributed by atoms with van der Waals surface area (Å²) in [4.78, 5) is 26.8. The second-order valence-corrected chi connectivity index (χ2v) is 7.71. The Bertz CT molecular complexity index is 755. The van der Waals surface area contributed by atoms with Gasteiger partial charge in [0.15, 0.2) is 5.78 Å². The Hall–Kier alpha value is -2.11. The Morgan fingerprint density at radius 3 is 2.65 bits per heavy atom. The molecule has 6 heteroatoms. The lowest BCUT2D eigenvalue weighted by Gasteiger charge is -2.26. The number of ether oxygens (including phenoxy) is 1. The van der Waals surface area contributed by atoms with Crippen LogP contribution in [0.4, 0.5) is 5.82 Å². The molecule has 26 heavy (non-hydrogen) atoms. The molecule has 1 saturated heterocycles. The third-order valence-electron chi connectivity index (χ3n) is 5.62. The second kappa shape index (κ2) is 6.89. The summed E-state index contributed by atoms with van der Waals surface area (Å²) in [6.45, 7) is 7.02. The molecule has 140 valence electrons. The lowest BCUT2D eigenvalue weighted by atomic mass is 9.85. The van der Waals surface area contributed by atoms with E-state index in [2.05, 4.69) is 16.5 Å². The molecule has 2 fully saturated rings. The zero-order valence-corrected chi connectivity index (χ0v) is 15.7. The van der Waals surface area contributed by atoms with Crippen molar-refractivity contribution in [3.8, 4) is 0 Å². The third kappa shape index (κ3) is 3.29. The van der Waals surface area contributed by atoms with Crippen LogP contribution in [0.2, 0.25) is 0 Å². The topological polar surface area (TPSA) is 64.4 Å². The quantitative estimate of drug-likeness (QED) is 0.758. The van der Waals surface area contributed by atoms with E-state index in [9.17, 15) is 9.59 Å². The molecule has 0 amide bonds. The van der Waals surface area contributed by atoms with Crippen LogP contribution in [0, 0.1) is 12.8 Å². The van der Waals surface area contributed by atoms with E-state index in [1.807, 2.05) is 6.92 Å². The average Bonchev–Trinajstić information content (AvgIpc) is 3.21. The number of ketones is 1. The lowest BCUT2D eigenvalue weighted by Crippen LogP contribution is -2.25. The summed E-state index contributed by atoms with van der Waals surface area (Å²) in [7, 11) is 0. The van der Waals surface area contributed by atoms with Gasteiger partial charge >= 0.3 is 5.97 Å². The maximum absolute atomic E-state index is 12.3. The summed E-state index contributed by atoms with van der Waals surface area (Å²) in [5.41, 5.74) is 2.15. The first-order chi connectivity index (χ1) is 12.6. The highest BCUT2D eigenvalue weighted by molar-refractivity contribution is 5.92. The molecule has 0 N–H and O–H groups in total. The molecule has 0 aromatic carbocycles. The number of carbonyl (C=O) groups is 2. The molecule has 1 unspecified atom stereocenters. The Morgan fingerprint density at radius 2 is 2.00 bits per heavy atom. The van der Waals surface area contributed by atoms with Crippen molar-refractivity contribution < 1.29 is 14.3 Å². The van der Waals surface area contributed by atoms with Crippen LogP contribution >= 0.6 is 0 Å². The molecule has 1 saturated carbocycles. The molecule has 3 aliphatic rings. The van der Waals surface area contributed by atoms with Gasteiger partial charge in [-0.1, -0.05) is 0 Å². The van der Waals surface area contributed by atoms with Crippen molar-refractivity contribution in [3.05, 3.63) is 23.1 Å². The van der Waals surface area contributed by atoms with E-state index >= 15 is 0 Å². The van der Waals surface area contributed by atoms with Crippen LogP contribution in [-0.2, 0) is 20.9 Å². The number of aryl methyl sites for hydroxylation is 2. The zero-order chi connectivity index (χ0) is 18.3. The van der Waals surface area contributed by atoms with E-state index in [1.165, 1.54) is 18.9 Å². The molecular formula is C20H27N3O3. The number of anilines is 1. The highest BCUT2D eigenvalue weighted by Gasteiger charge is 2.35. The maximum atomic E-state index is 12.3. The van der Waals surface area contributed by atoms with Gasteiger partial charge in [0.25, 0.3) is 0 Å². The summed E-state index contributed by atoms with van der Waals surface area (Å²) >= 11 is 0. The van der Waals surface area contributed by atoms with Gasteiger partial charge in [-0.3, -0.25) is 9.59 Å². The molecule has 1 atom stereocenters. The number of rotatable bonds is 5. The molecule has 1 aliphatic heterocycles. The van der Waals surface area contributed by atoms with Crippen molar-refractivity contribution in [2.45, 2.75) is 64.8 Å². The van der Waals surface area contributed by atoms with Crippen molar-refractivity contribution in [3.63, 3.8) is 0 Å². The summed E-state index contributed by atoms with van der Waals surface area (Å²) in [6, 6.07) is 0. The van der Waals surface area contributed by atoms with Gasteiger partial charge in [0.2, 0.25) is 0 Å². The van der Waals surface area contributed by atoms with Gasteiger partial charge in [-0.15, -0.1) is 0 Å². The first-order valence-electron chi connectivity index (χ1n) is 9.84. The van der Waals surface area contributed by atoms with Gasteiger partial charge in [-0.05, 0) is 39.5 Å². The summed E-state index contributed by atoms with van der Waals surface area (Å²) in [5.74, 6) is 1.62. The Labute approximate surface area is 154 Å². The fraction of sp³-hybridized carbons (Fsp3) is 0.650. The monoisotopic (exact) mass is 357 g/mol. The smallest absolute Gasteiger partial charge is 0.314 e. The van der Waals surface area contributed by atoms with Crippen LogP contribution in [0.15, 0.2) is 11.8 Å². The van der Waals surface area contributed by atoms with E-state index in [1.54, 1.807) is 0 Å². The van der Waals surface area contributed by atoms with Gasteiger partial charge < -0.3 is 9.64 Å². The minimum absolute atomic E-state index is 0.0328. The standard InChI is InChI=1S/C20H27N3O3/c1-3-23-19(22-8-4-5-9-22)18(13(2)21-23)15-10-16(24)12-17(11-15)26-20(25)14-6-7-14/h12,14-15H,3-11H2,1-2H3. The minimum Gasteiger partial charge on any atom is -0.431 e. The van der Waals surface area contributed by atoms with Gasteiger partial charge in [0, 0.05) is 50.0 Å². The molecule has 0 bridgehead atoms. The van der Waals surface area contributed by atoms with Crippen LogP contribution in [-0.4, -0.2) is 34.6 Å². The van der Waals surface area contributed by atoms with Gasteiger partial charge in [0.05, 0.1) is 11.6 Å². The van der Waals surface area contributed by atoms with Crippen LogP contribution < -0.4 is 4.90 Å². The van der Waals surface area contributed by atoms with E-state index in [0.29, 0.717) is 18.6 Å². The molecule has 0 radical (unpaired) electrons. The fourth-order valence-electron chi connectivity index (χ4n) is 4.21. The second-order valence-electron chi connectivity index (χ2n) is 7.71. The lowest BCUT2D eigenvalue weighted by molar-refractivity contribution is -0.141. The Morgan fingerprint density at radius 1 is 1.27 bits per heavy atom. The average molecular weight is 357 g/mol. The number of hydrogen-bond donors (Lipinski definition) is 0. The van der Waals surface area contributed by atoms with Gasteiger partial charge in [0.1, 0.15) is 11.6 Å². The fourth-order valence-corrected chi connectivity index (χ4v) is 4.21. The van der Waals surface area contributed by atoms with Gasteiger partial charge in [-0.25, -0.2) is 4.68 Å². The van der Waals surface area contributed by atoms with E-state index < -0.39 is 0 Å². The Balaban J connectivity index is 1.62. The normalized spacial score (nSPS) is 23.3. The van der Waals surface area contributed by atoms with Crippen molar-refractivity contribution >= 4 is 17.6 Å². The van der Waals surface area contributed by atoms with Crippen LogP contribution in [0.25, 0.3) is 0 Å². The molecule has 1 aromatic rings. The first-order valence-corrected chi connectivity index (χ1v) is 9.84. The van der Waals surface area contributed by atoms with E-state index in [-0.39, 0.29) is 23.6 Å². The van der Waals surface area contributed by atoms with Crippen LogP contribution in [0.3, 0.4) is 0 Å². The predicted molar refractivity (Wildman–Crippen MR) is 98.0 cm³/mol. The van der Waals surface area contributed by atoms with Crippen LogP contribution in [0.1, 0.15) is 62.6 Å². The number of hydrogen-bond acceptors (Lipinski definition) is 5. The summed E-state index contributed by atoms with van der Waals surface area (Å²) in [5, 5.41) is 4.73. The summed E-state index contributed by atoms with van der Waals surface area (Å²) in [6.07, 6.45) is 6.78. The minimum atomic E-state index is -0.176. The molecular weight excluding hydrogens is 330 g/mol. The van der Waals surface area contributed by atoms with E-state index in [4.69, 9.17) is 9.84 Å². The molecule has 1 aromatic heterocycles. The number of esters is 1. The SMILES string of the molecule is CCn1nc(C)c(C2CC(=O)C=C(OC(=O)C3CC3)C2)c1N1CCCC1. The zero-order valence-electron chi connectivity index (χ0n) is 15.7. The number of carbonyl (C=O) groups excluding carboxylic acids is 2. The number of allylic oxidation sites excluding steroid dienone is 2. The summed E-state index contributed by atoms with van der Waals surface area (Å²) < 4.78 is 7.60. The maximum Gasteiger partial charge on any atom is 0.314 e. The van der Waals surface area contributed by atoms with Crippen LogP contribution in [0.5, 0.6) is 0 Å². The molecule has 6 nitrogen and oxygen atoms in total. The van der Waals surface area contributed by atoms with Crippen molar-refractivity contribution in [1.82, 2.24) is 9.78 Å². The van der Waals surface area contributed by atoms with Crippen molar-refractivity contribution in [2.75, 3.05) is 18.0 Å². The third-order valence-corrected chi connectivity index (χ3v) is 5.62. The molecule has 0 spiro atoms. The number of nitrogens with zero attached hydrogens (tertiary/aromatic N) is 3. The van der Waals surface area contributed by atoms with Gasteiger partial charge in [-0.2, -0.15) is 5.10 Å². The molecule has 2 heterocycles. The predicted octanol–water partition coefficient (Wildman–Crippen LogP) is 3.10. The first kappa shape index (κ1) is 17.3. The van der Waals surface area contributed by atoms with Crippen molar-refractivity contribution in [2.24, 2.45) is 5.92 Å². The van der Waals surface area contributed by atoms with Crippen molar-refractivity contribution in [1.29, 1.82) is 0 Å². The number of aromatic nitrogens is 2. The highest BCUT2D eigenvalue weighted by Crippen LogP contribution is 2.41. The Kier molecular flexibility index (Phi) is 4.59.